The molecule has 0 radical (unpaired) electrons. The van der Waals surface area contributed by atoms with Gasteiger partial charge in [-0.1, -0.05) is 0 Å². The number of hydrogen-bond donors (Lipinski definition) is 3. The number of nitrogens with zero attached hydrogens (tertiary/aromatic N) is 1. The molecule has 1 aliphatic carbocycles. The van der Waals surface area contributed by atoms with E-state index in [0.29, 0.717) is 11.7 Å². The topological polar surface area (TPSA) is 86.9 Å². The normalized spacial score (nSPS) is 22.7. The zero-order valence-corrected chi connectivity index (χ0v) is 9.91. The van der Waals surface area contributed by atoms with Crippen LogP contribution in [0, 0.1) is 0 Å². The lowest BCUT2D eigenvalue weighted by atomic mass is 9.78. The van der Waals surface area contributed by atoms with Gasteiger partial charge in [0.1, 0.15) is 5.82 Å². The molecule has 0 aliphatic heterocycles. The molecule has 0 bridgehead atoms. The van der Waals surface area contributed by atoms with Gasteiger partial charge in [0, 0.05) is 31.9 Å². The fourth-order valence-electron chi connectivity index (χ4n) is 2.06. The van der Waals surface area contributed by atoms with Gasteiger partial charge < -0.3 is 10.6 Å². The lowest BCUT2D eigenvalue weighted by molar-refractivity contribution is -0.120. The number of carbonyl (C=O) groups excluding carboxylic acids is 2. The van der Waals surface area contributed by atoms with E-state index < -0.39 is 0 Å². The summed E-state index contributed by atoms with van der Waals surface area (Å²) < 4.78 is 0. The van der Waals surface area contributed by atoms with E-state index in [1.165, 1.54) is 13.8 Å². The van der Waals surface area contributed by atoms with Crippen molar-refractivity contribution >= 4 is 17.6 Å². The van der Waals surface area contributed by atoms with Gasteiger partial charge >= 0.3 is 0 Å². The van der Waals surface area contributed by atoms with Crippen molar-refractivity contribution in [1.82, 2.24) is 15.5 Å². The fourth-order valence-corrected chi connectivity index (χ4v) is 2.06. The largest absolute Gasteiger partial charge is 0.354 e. The highest BCUT2D eigenvalue weighted by Crippen LogP contribution is 2.36. The van der Waals surface area contributed by atoms with Crippen molar-refractivity contribution in [2.24, 2.45) is 0 Å². The molecule has 2 amide bonds. The predicted octanol–water partition coefficient (Wildman–Crippen LogP) is 0.750. The van der Waals surface area contributed by atoms with Gasteiger partial charge in [0.15, 0.2) is 0 Å². The van der Waals surface area contributed by atoms with Crippen LogP contribution in [0.1, 0.15) is 38.3 Å². The molecule has 1 saturated carbocycles. The molecule has 3 N–H and O–H groups in total. The molecule has 0 atom stereocenters. The molecular weight excluding hydrogens is 220 g/mol. The van der Waals surface area contributed by atoms with E-state index in [-0.39, 0.29) is 17.9 Å². The minimum Gasteiger partial charge on any atom is -0.354 e. The lowest BCUT2D eigenvalue weighted by Crippen LogP contribution is -2.42. The Labute approximate surface area is 99.2 Å². The first-order valence-corrected chi connectivity index (χ1v) is 5.64. The van der Waals surface area contributed by atoms with Crippen LogP contribution in [0.3, 0.4) is 0 Å². The van der Waals surface area contributed by atoms with Gasteiger partial charge in [-0.15, -0.1) is 0 Å². The van der Waals surface area contributed by atoms with Gasteiger partial charge in [-0.3, -0.25) is 14.7 Å². The summed E-state index contributed by atoms with van der Waals surface area (Å²) in [4.78, 5) is 21.7. The summed E-state index contributed by atoms with van der Waals surface area (Å²) in [6.45, 7) is 2.98. The number of hydrogen-bond acceptors (Lipinski definition) is 3. The van der Waals surface area contributed by atoms with E-state index in [4.69, 9.17) is 0 Å². The molecular formula is C11H16N4O2. The van der Waals surface area contributed by atoms with E-state index in [1.807, 2.05) is 6.07 Å². The first-order chi connectivity index (χ1) is 8.04. The molecule has 1 fully saturated rings. The van der Waals surface area contributed by atoms with E-state index in [2.05, 4.69) is 20.8 Å². The number of H-pyrrole nitrogens is 1. The van der Waals surface area contributed by atoms with E-state index in [0.717, 1.165) is 18.5 Å². The van der Waals surface area contributed by atoms with Crippen molar-refractivity contribution in [2.75, 3.05) is 5.32 Å². The molecule has 0 saturated heterocycles. The van der Waals surface area contributed by atoms with Gasteiger partial charge in [-0.25, -0.2) is 0 Å². The summed E-state index contributed by atoms with van der Waals surface area (Å²) in [6.07, 6.45) is 1.81. The number of anilines is 1. The molecule has 0 unspecified atom stereocenters. The monoisotopic (exact) mass is 236 g/mol. The highest BCUT2D eigenvalue weighted by Gasteiger charge is 2.32. The average Bonchev–Trinajstić information content (AvgIpc) is 2.57. The first kappa shape index (κ1) is 11.6. The van der Waals surface area contributed by atoms with Crippen LogP contribution in [0.5, 0.6) is 0 Å². The van der Waals surface area contributed by atoms with Crippen LogP contribution >= 0.6 is 0 Å². The van der Waals surface area contributed by atoms with Gasteiger partial charge in [-0.05, 0) is 12.8 Å². The Morgan fingerprint density at radius 2 is 2.06 bits per heavy atom. The second-order valence-corrected chi connectivity index (χ2v) is 4.45. The molecule has 1 aliphatic rings. The quantitative estimate of drug-likeness (QED) is 0.723. The number of rotatable bonds is 3. The molecule has 6 heteroatoms. The molecule has 6 nitrogen and oxygen atoms in total. The van der Waals surface area contributed by atoms with Crippen LogP contribution in [-0.2, 0) is 9.59 Å². The summed E-state index contributed by atoms with van der Waals surface area (Å²) in [5.41, 5.74) is 0.940. The zero-order chi connectivity index (χ0) is 12.4. The first-order valence-electron chi connectivity index (χ1n) is 5.64. The lowest BCUT2D eigenvalue weighted by Gasteiger charge is -2.34. The van der Waals surface area contributed by atoms with Crippen molar-refractivity contribution in [2.45, 2.75) is 38.6 Å². The third-order valence-electron chi connectivity index (χ3n) is 2.87. The van der Waals surface area contributed by atoms with Gasteiger partial charge in [-0.2, -0.15) is 5.10 Å². The Bertz CT molecular complexity index is 434. The van der Waals surface area contributed by atoms with Crippen molar-refractivity contribution in [3.8, 4) is 0 Å². The minimum absolute atomic E-state index is 0.00872. The number of amides is 2. The average molecular weight is 236 g/mol. The summed E-state index contributed by atoms with van der Waals surface area (Å²) in [5.74, 6) is 0.875. The number of aromatic amines is 1. The summed E-state index contributed by atoms with van der Waals surface area (Å²) in [6, 6.07) is 2.11. The highest BCUT2D eigenvalue weighted by molar-refractivity contribution is 5.87. The van der Waals surface area contributed by atoms with Crippen LogP contribution < -0.4 is 10.6 Å². The van der Waals surface area contributed by atoms with Crippen molar-refractivity contribution in [3.63, 3.8) is 0 Å². The van der Waals surface area contributed by atoms with Gasteiger partial charge in [0.2, 0.25) is 11.8 Å². The third kappa shape index (κ3) is 2.83. The van der Waals surface area contributed by atoms with Crippen LogP contribution in [0.15, 0.2) is 6.07 Å². The van der Waals surface area contributed by atoms with E-state index in [1.54, 1.807) is 0 Å². The zero-order valence-electron chi connectivity index (χ0n) is 9.91. The van der Waals surface area contributed by atoms with Crippen molar-refractivity contribution in [3.05, 3.63) is 11.8 Å². The fraction of sp³-hybridized carbons (Fsp3) is 0.545. The van der Waals surface area contributed by atoms with Crippen molar-refractivity contribution < 1.29 is 9.59 Å². The summed E-state index contributed by atoms with van der Waals surface area (Å²) >= 11 is 0. The Balaban J connectivity index is 1.86. The molecule has 2 rings (SSSR count). The SMILES string of the molecule is CC(=O)Nc1cc(C2CC(NC(C)=O)C2)n[nH]1. The van der Waals surface area contributed by atoms with E-state index in [9.17, 15) is 9.59 Å². The molecule has 0 spiro atoms. The minimum atomic E-state index is -0.120. The highest BCUT2D eigenvalue weighted by atomic mass is 16.2. The Hall–Kier alpha value is -1.85. The maximum Gasteiger partial charge on any atom is 0.222 e. The molecule has 17 heavy (non-hydrogen) atoms. The van der Waals surface area contributed by atoms with Crippen LogP contribution in [-0.4, -0.2) is 28.1 Å². The second-order valence-electron chi connectivity index (χ2n) is 4.45. The van der Waals surface area contributed by atoms with Gasteiger partial charge in [0.25, 0.3) is 0 Å². The van der Waals surface area contributed by atoms with Crippen LogP contribution in [0.4, 0.5) is 5.82 Å². The number of carbonyl (C=O) groups is 2. The molecule has 1 aromatic rings. The smallest absolute Gasteiger partial charge is 0.222 e. The maximum atomic E-state index is 10.8. The molecule has 0 aromatic carbocycles. The number of aromatic nitrogens is 2. The van der Waals surface area contributed by atoms with Crippen molar-refractivity contribution in [1.29, 1.82) is 0 Å². The second kappa shape index (κ2) is 4.57. The van der Waals surface area contributed by atoms with Crippen LogP contribution in [0.25, 0.3) is 0 Å². The maximum absolute atomic E-state index is 10.8. The summed E-state index contributed by atoms with van der Waals surface area (Å²) in [7, 11) is 0. The Morgan fingerprint density at radius 1 is 1.35 bits per heavy atom. The number of nitrogens with one attached hydrogen (secondary N) is 3. The predicted molar refractivity (Wildman–Crippen MR) is 62.5 cm³/mol. The Kier molecular flexibility index (Phi) is 3.12. The summed E-state index contributed by atoms with van der Waals surface area (Å²) in [5, 5.41) is 12.4. The van der Waals surface area contributed by atoms with Crippen LogP contribution in [0.2, 0.25) is 0 Å². The molecule has 1 heterocycles. The molecule has 1 aromatic heterocycles. The molecule has 92 valence electrons. The third-order valence-corrected chi connectivity index (χ3v) is 2.87. The van der Waals surface area contributed by atoms with Gasteiger partial charge in [0.05, 0.1) is 5.69 Å². The Morgan fingerprint density at radius 3 is 2.65 bits per heavy atom. The standard InChI is InChI=1S/C11H16N4O2/c1-6(16)12-9-3-8(4-9)10-5-11(15-14-10)13-7(2)17/h5,8-9H,3-4H2,1-2H3,(H,12,16)(H2,13,14,15,17). The van der Waals surface area contributed by atoms with E-state index >= 15 is 0 Å².